The highest BCUT2D eigenvalue weighted by atomic mass is 16.6. The number of nitro benzene ring substituents is 1. The highest BCUT2D eigenvalue weighted by Gasteiger charge is 2.44. The molecule has 0 amide bonds. The van der Waals surface area contributed by atoms with E-state index in [1.165, 1.54) is 38.8 Å². The van der Waals surface area contributed by atoms with Crippen molar-refractivity contribution >= 4 is 22.1 Å². The third kappa shape index (κ3) is 2.35. The van der Waals surface area contributed by atoms with E-state index in [9.17, 15) is 10.1 Å². The van der Waals surface area contributed by atoms with Crippen molar-refractivity contribution in [3.63, 3.8) is 0 Å². The van der Waals surface area contributed by atoms with Gasteiger partial charge in [0.2, 0.25) is 0 Å². The fourth-order valence-electron chi connectivity index (χ4n) is 4.77. The SMILES string of the molecule is CN(CC12CCCN1CCC2)c1ccc([N+](=O)[O-])c2ccccc12. The van der Waals surface area contributed by atoms with Crippen LogP contribution in [0.2, 0.25) is 0 Å². The van der Waals surface area contributed by atoms with Crippen molar-refractivity contribution in [3.05, 3.63) is 46.5 Å². The highest BCUT2D eigenvalue weighted by Crippen LogP contribution is 2.41. The summed E-state index contributed by atoms with van der Waals surface area (Å²) in [5.41, 5.74) is 1.58. The molecule has 0 spiro atoms. The Morgan fingerprint density at radius 2 is 1.79 bits per heavy atom. The van der Waals surface area contributed by atoms with Crippen LogP contribution in [0, 0.1) is 10.1 Å². The normalized spacial score (nSPS) is 19.5. The quantitative estimate of drug-likeness (QED) is 0.633. The minimum absolute atomic E-state index is 0.185. The van der Waals surface area contributed by atoms with Gasteiger partial charge in [0, 0.05) is 36.3 Å². The van der Waals surface area contributed by atoms with Gasteiger partial charge in [-0.25, -0.2) is 0 Å². The fraction of sp³-hybridized carbons (Fsp3) is 0.474. The summed E-state index contributed by atoms with van der Waals surface area (Å²) < 4.78 is 0. The zero-order valence-corrected chi connectivity index (χ0v) is 14.1. The molecule has 2 saturated heterocycles. The van der Waals surface area contributed by atoms with Crippen LogP contribution in [-0.4, -0.2) is 42.0 Å². The summed E-state index contributed by atoms with van der Waals surface area (Å²) in [4.78, 5) is 16.0. The van der Waals surface area contributed by atoms with Crippen molar-refractivity contribution in [2.45, 2.75) is 31.2 Å². The number of non-ortho nitro benzene ring substituents is 1. The number of benzene rings is 2. The van der Waals surface area contributed by atoms with Crippen molar-refractivity contribution in [1.82, 2.24) is 4.90 Å². The molecule has 0 atom stereocenters. The predicted octanol–water partition coefficient (Wildman–Crippen LogP) is 3.81. The summed E-state index contributed by atoms with van der Waals surface area (Å²) >= 11 is 0. The smallest absolute Gasteiger partial charge is 0.277 e. The molecule has 0 aromatic heterocycles. The van der Waals surface area contributed by atoms with Crippen LogP contribution in [0.3, 0.4) is 0 Å². The number of hydrogen-bond donors (Lipinski definition) is 0. The van der Waals surface area contributed by atoms with Gasteiger partial charge in [-0.3, -0.25) is 15.0 Å². The number of fused-ring (bicyclic) bond motifs is 2. The largest absolute Gasteiger partial charge is 0.372 e. The second kappa shape index (κ2) is 5.74. The highest BCUT2D eigenvalue weighted by molar-refractivity contribution is 6.00. The van der Waals surface area contributed by atoms with Gasteiger partial charge in [-0.2, -0.15) is 0 Å². The molecule has 0 bridgehead atoms. The molecule has 24 heavy (non-hydrogen) atoms. The minimum Gasteiger partial charge on any atom is -0.372 e. The van der Waals surface area contributed by atoms with E-state index in [2.05, 4.69) is 16.8 Å². The van der Waals surface area contributed by atoms with Gasteiger partial charge in [-0.15, -0.1) is 0 Å². The van der Waals surface area contributed by atoms with E-state index in [0.29, 0.717) is 5.54 Å². The number of nitrogens with zero attached hydrogens (tertiary/aromatic N) is 3. The number of likely N-dealkylation sites (N-methyl/N-ethyl adjacent to an activating group) is 1. The number of anilines is 1. The van der Waals surface area contributed by atoms with E-state index in [-0.39, 0.29) is 10.6 Å². The molecule has 2 aromatic rings. The van der Waals surface area contributed by atoms with Gasteiger partial charge < -0.3 is 4.90 Å². The molecule has 2 heterocycles. The van der Waals surface area contributed by atoms with Gasteiger partial charge >= 0.3 is 0 Å². The lowest BCUT2D eigenvalue weighted by Crippen LogP contribution is -2.47. The predicted molar refractivity (Wildman–Crippen MR) is 96.6 cm³/mol. The van der Waals surface area contributed by atoms with E-state index in [0.717, 1.165) is 23.0 Å². The Balaban J connectivity index is 1.71. The molecular formula is C19H23N3O2. The molecule has 126 valence electrons. The minimum atomic E-state index is -0.291. The molecule has 4 rings (SSSR count). The Morgan fingerprint density at radius 3 is 2.46 bits per heavy atom. The maximum absolute atomic E-state index is 11.3. The summed E-state index contributed by atoms with van der Waals surface area (Å²) in [5, 5.41) is 13.0. The van der Waals surface area contributed by atoms with Crippen molar-refractivity contribution in [3.8, 4) is 0 Å². The van der Waals surface area contributed by atoms with Crippen LogP contribution in [0.5, 0.6) is 0 Å². The Labute approximate surface area is 142 Å². The van der Waals surface area contributed by atoms with Gasteiger partial charge in [0.05, 0.1) is 10.3 Å². The van der Waals surface area contributed by atoms with Crippen molar-refractivity contribution in [1.29, 1.82) is 0 Å². The van der Waals surface area contributed by atoms with Crippen LogP contribution in [0.15, 0.2) is 36.4 Å². The maximum atomic E-state index is 11.3. The molecular weight excluding hydrogens is 302 g/mol. The first-order valence-corrected chi connectivity index (χ1v) is 8.73. The van der Waals surface area contributed by atoms with Gasteiger partial charge in [0.1, 0.15) is 0 Å². The summed E-state index contributed by atoms with van der Waals surface area (Å²) in [6, 6.07) is 11.2. The Kier molecular flexibility index (Phi) is 3.68. The summed E-state index contributed by atoms with van der Waals surface area (Å²) in [6.45, 7) is 3.43. The second-order valence-electron chi connectivity index (χ2n) is 7.18. The van der Waals surface area contributed by atoms with Gasteiger partial charge in [0.15, 0.2) is 0 Å². The van der Waals surface area contributed by atoms with Crippen LogP contribution >= 0.6 is 0 Å². The topological polar surface area (TPSA) is 49.6 Å². The molecule has 2 aliphatic rings. The van der Waals surface area contributed by atoms with E-state index >= 15 is 0 Å². The zero-order chi connectivity index (χ0) is 16.7. The van der Waals surface area contributed by atoms with Crippen LogP contribution in [0.25, 0.3) is 10.8 Å². The molecule has 0 radical (unpaired) electrons. The summed E-state index contributed by atoms with van der Waals surface area (Å²) in [6.07, 6.45) is 5.11. The van der Waals surface area contributed by atoms with E-state index in [4.69, 9.17) is 0 Å². The van der Waals surface area contributed by atoms with Crippen LogP contribution in [0.4, 0.5) is 11.4 Å². The standard InChI is InChI=1S/C19H23N3O2/c1-20(14-19-10-4-12-21(19)13-5-11-19)17-8-9-18(22(23)24)16-7-3-2-6-15(16)17/h2-3,6-9H,4-5,10-14H2,1H3. The average Bonchev–Trinajstić information content (AvgIpc) is 3.12. The monoisotopic (exact) mass is 325 g/mol. The lowest BCUT2D eigenvalue weighted by Gasteiger charge is -2.37. The molecule has 2 aromatic carbocycles. The van der Waals surface area contributed by atoms with Crippen LogP contribution in [-0.2, 0) is 0 Å². The molecule has 5 nitrogen and oxygen atoms in total. The van der Waals surface area contributed by atoms with Gasteiger partial charge in [-0.05, 0) is 50.9 Å². The molecule has 0 saturated carbocycles. The summed E-state index contributed by atoms with van der Waals surface area (Å²) in [5.74, 6) is 0. The Morgan fingerprint density at radius 1 is 1.12 bits per heavy atom. The van der Waals surface area contributed by atoms with E-state index < -0.39 is 0 Å². The zero-order valence-electron chi connectivity index (χ0n) is 14.1. The molecule has 2 aliphatic heterocycles. The number of nitro groups is 1. The Bertz CT molecular complexity index is 779. The Hall–Kier alpha value is -2.14. The summed E-state index contributed by atoms with van der Waals surface area (Å²) in [7, 11) is 2.12. The van der Waals surface area contributed by atoms with E-state index in [1.54, 1.807) is 6.07 Å². The lowest BCUT2D eigenvalue weighted by atomic mass is 9.93. The van der Waals surface area contributed by atoms with Crippen molar-refractivity contribution in [2.75, 3.05) is 31.6 Å². The van der Waals surface area contributed by atoms with Crippen molar-refractivity contribution < 1.29 is 4.92 Å². The first-order valence-electron chi connectivity index (χ1n) is 8.73. The third-order valence-electron chi connectivity index (χ3n) is 5.83. The van der Waals surface area contributed by atoms with Gasteiger partial charge in [-0.1, -0.05) is 18.2 Å². The lowest BCUT2D eigenvalue weighted by molar-refractivity contribution is -0.383. The average molecular weight is 325 g/mol. The van der Waals surface area contributed by atoms with E-state index in [1.807, 2.05) is 30.3 Å². The first-order chi connectivity index (χ1) is 11.6. The second-order valence-corrected chi connectivity index (χ2v) is 7.18. The third-order valence-corrected chi connectivity index (χ3v) is 5.83. The molecule has 0 N–H and O–H groups in total. The molecule has 2 fully saturated rings. The number of hydrogen-bond acceptors (Lipinski definition) is 4. The number of rotatable bonds is 4. The maximum Gasteiger partial charge on any atom is 0.277 e. The van der Waals surface area contributed by atoms with Gasteiger partial charge in [0.25, 0.3) is 5.69 Å². The molecule has 0 unspecified atom stereocenters. The first kappa shape index (κ1) is 15.4. The van der Waals surface area contributed by atoms with Crippen LogP contribution in [0.1, 0.15) is 25.7 Å². The van der Waals surface area contributed by atoms with Crippen molar-refractivity contribution in [2.24, 2.45) is 0 Å². The molecule has 5 heteroatoms. The molecule has 0 aliphatic carbocycles. The van der Waals surface area contributed by atoms with Crippen LogP contribution < -0.4 is 4.90 Å². The fourth-order valence-corrected chi connectivity index (χ4v) is 4.77.